The molecule has 0 radical (unpaired) electrons. The van der Waals surface area contributed by atoms with Gasteiger partial charge in [-0.05, 0) is 49.9 Å². The highest BCUT2D eigenvalue weighted by molar-refractivity contribution is 6.30. The van der Waals surface area contributed by atoms with Crippen LogP contribution in [0.4, 0.5) is 5.69 Å². The van der Waals surface area contributed by atoms with Gasteiger partial charge in [0.25, 0.3) is 0 Å². The molecule has 1 fully saturated rings. The van der Waals surface area contributed by atoms with Gasteiger partial charge in [0, 0.05) is 24.3 Å². The van der Waals surface area contributed by atoms with Gasteiger partial charge in [0.05, 0.1) is 23.4 Å². The van der Waals surface area contributed by atoms with Gasteiger partial charge in [-0.2, -0.15) is 10.4 Å². The van der Waals surface area contributed by atoms with Crippen LogP contribution in [0.1, 0.15) is 49.6 Å². The molecule has 0 N–H and O–H groups in total. The van der Waals surface area contributed by atoms with Crippen molar-refractivity contribution in [3.8, 4) is 6.07 Å². The molecule has 3 rings (SSSR count). The van der Waals surface area contributed by atoms with E-state index in [0.29, 0.717) is 11.5 Å². The van der Waals surface area contributed by atoms with Crippen LogP contribution in [0.15, 0.2) is 24.3 Å². The summed E-state index contributed by atoms with van der Waals surface area (Å²) in [7, 11) is 0. The Morgan fingerprint density at radius 3 is 2.67 bits per heavy atom. The van der Waals surface area contributed by atoms with Crippen molar-refractivity contribution in [1.82, 2.24) is 9.78 Å². The zero-order chi connectivity index (χ0) is 17.3. The standard InChI is InChI=1S/C19H23ClN4/c1-13(2)12-24-19(20)18(14(3)22-24)17-5-4-10-23(17)16-8-6-15(11-21)7-9-16/h6-9,13,17H,4-5,10,12H2,1-3H3. The number of hydrogen-bond acceptors (Lipinski definition) is 3. The Morgan fingerprint density at radius 2 is 2.04 bits per heavy atom. The van der Waals surface area contributed by atoms with Crippen LogP contribution in [-0.4, -0.2) is 16.3 Å². The van der Waals surface area contributed by atoms with E-state index in [2.05, 4.69) is 29.9 Å². The fraction of sp³-hybridized carbons (Fsp3) is 0.474. The second-order valence-electron chi connectivity index (χ2n) is 6.88. The fourth-order valence-corrected chi connectivity index (χ4v) is 3.89. The van der Waals surface area contributed by atoms with Gasteiger partial charge in [0.1, 0.15) is 5.15 Å². The van der Waals surface area contributed by atoms with Crippen molar-refractivity contribution < 1.29 is 0 Å². The molecule has 4 nitrogen and oxygen atoms in total. The minimum atomic E-state index is 0.256. The summed E-state index contributed by atoms with van der Waals surface area (Å²) in [4.78, 5) is 2.39. The van der Waals surface area contributed by atoms with Gasteiger partial charge in [-0.15, -0.1) is 0 Å². The SMILES string of the molecule is Cc1nn(CC(C)C)c(Cl)c1C1CCCN1c1ccc(C#N)cc1. The first kappa shape index (κ1) is 16.9. The molecular formula is C19H23ClN4. The first-order valence-electron chi connectivity index (χ1n) is 8.51. The molecule has 1 aliphatic heterocycles. The molecular weight excluding hydrogens is 320 g/mol. The largest absolute Gasteiger partial charge is 0.364 e. The van der Waals surface area contributed by atoms with Gasteiger partial charge in [-0.1, -0.05) is 25.4 Å². The molecule has 1 aliphatic rings. The number of aryl methyl sites for hydroxylation is 1. The van der Waals surface area contributed by atoms with Gasteiger partial charge in [0.15, 0.2) is 0 Å². The molecule has 5 heteroatoms. The lowest BCUT2D eigenvalue weighted by molar-refractivity contribution is 0.481. The monoisotopic (exact) mass is 342 g/mol. The third kappa shape index (κ3) is 3.14. The van der Waals surface area contributed by atoms with Crippen molar-refractivity contribution in [2.24, 2.45) is 5.92 Å². The average Bonchev–Trinajstić information content (AvgIpc) is 3.12. The van der Waals surface area contributed by atoms with Crippen LogP contribution in [0, 0.1) is 24.2 Å². The van der Waals surface area contributed by atoms with Crippen LogP contribution in [0.3, 0.4) is 0 Å². The molecule has 0 saturated carbocycles. The number of anilines is 1. The van der Waals surface area contributed by atoms with Crippen LogP contribution >= 0.6 is 11.6 Å². The van der Waals surface area contributed by atoms with Crippen molar-refractivity contribution >= 4 is 17.3 Å². The van der Waals surface area contributed by atoms with Crippen molar-refractivity contribution in [1.29, 1.82) is 5.26 Å². The minimum Gasteiger partial charge on any atom is -0.364 e. The highest BCUT2D eigenvalue weighted by Gasteiger charge is 2.31. The Labute approximate surface area is 148 Å². The Hall–Kier alpha value is -1.99. The zero-order valence-corrected chi connectivity index (χ0v) is 15.2. The summed E-state index contributed by atoms with van der Waals surface area (Å²) in [5.74, 6) is 0.507. The summed E-state index contributed by atoms with van der Waals surface area (Å²) < 4.78 is 1.94. The Balaban J connectivity index is 1.93. The highest BCUT2D eigenvalue weighted by Crippen LogP contribution is 2.40. The lowest BCUT2D eigenvalue weighted by Gasteiger charge is -2.27. The predicted molar refractivity (Wildman–Crippen MR) is 97.3 cm³/mol. The Kier molecular flexibility index (Phi) is 4.82. The second-order valence-corrected chi connectivity index (χ2v) is 7.23. The molecule has 2 heterocycles. The van der Waals surface area contributed by atoms with Gasteiger partial charge in [0.2, 0.25) is 0 Å². The van der Waals surface area contributed by atoms with E-state index in [1.54, 1.807) is 0 Å². The van der Waals surface area contributed by atoms with Crippen LogP contribution in [-0.2, 0) is 6.54 Å². The van der Waals surface area contributed by atoms with Crippen LogP contribution in [0.5, 0.6) is 0 Å². The maximum atomic E-state index is 8.98. The number of halogens is 1. The summed E-state index contributed by atoms with van der Waals surface area (Å²) in [6.45, 7) is 8.23. The number of nitrogens with zero attached hydrogens (tertiary/aromatic N) is 4. The van der Waals surface area contributed by atoms with Gasteiger partial charge in [-0.3, -0.25) is 4.68 Å². The first-order valence-corrected chi connectivity index (χ1v) is 8.88. The smallest absolute Gasteiger partial charge is 0.132 e. The molecule has 1 aromatic carbocycles. The molecule has 1 aromatic heterocycles. The molecule has 1 saturated heterocycles. The molecule has 24 heavy (non-hydrogen) atoms. The molecule has 2 aromatic rings. The van der Waals surface area contributed by atoms with E-state index < -0.39 is 0 Å². The van der Waals surface area contributed by atoms with E-state index in [9.17, 15) is 0 Å². The normalized spacial score (nSPS) is 17.5. The van der Waals surface area contributed by atoms with E-state index in [1.165, 1.54) is 0 Å². The van der Waals surface area contributed by atoms with E-state index >= 15 is 0 Å². The lowest BCUT2D eigenvalue weighted by atomic mass is 10.0. The van der Waals surface area contributed by atoms with Crippen LogP contribution in [0.25, 0.3) is 0 Å². The zero-order valence-electron chi connectivity index (χ0n) is 14.5. The summed E-state index contributed by atoms with van der Waals surface area (Å²) >= 11 is 6.68. The molecule has 1 unspecified atom stereocenters. The Bertz CT molecular complexity index is 755. The van der Waals surface area contributed by atoms with Crippen molar-refractivity contribution in [3.63, 3.8) is 0 Å². The third-order valence-corrected chi connectivity index (χ3v) is 4.96. The number of benzene rings is 1. The number of hydrogen-bond donors (Lipinski definition) is 0. The fourth-order valence-electron chi connectivity index (χ4n) is 3.52. The van der Waals surface area contributed by atoms with Crippen LogP contribution in [0.2, 0.25) is 5.15 Å². The van der Waals surface area contributed by atoms with E-state index in [-0.39, 0.29) is 6.04 Å². The second kappa shape index (κ2) is 6.86. The first-order chi connectivity index (χ1) is 11.5. The van der Waals surface area contributed by atoms with Crippen molar-refractivity contribution in [2.75, 3.05) is 11.4 Å². The molecule has 0 aliphatic carbocycles. The van der Waals surface area contributed by atoms with Gasteiger partial charge < -0.3 is 4.90 Å². The summed E-state index contributed by atoms with van der Waals surface area (Å²) in [5, 5.41) is 14.4. The van der Waals surface area contributed by atoms with E-state index in [1.807, 2.05) is 35.9 Å². The number of aromatic nitrogens is 2. The molecule has 126 valence electrons. The summed E-state index contributed by atoms with van der Waals surface area (Å²) in [6.07, 6.45) is 2.21. The maximum absolute atomic E-state index is 8.98. The van der Waals surface area contributed by atoms with E-state index in [4.69, 9.17) is 16.9 Å². The van der Waals surface area contributed by atoms with Crippen molar-refractivity contribution in [3.05, 3.63) is 46.2 Å². The third-order valence-electron chi connectivity index (χ3n) is 4.56. The van der Waals surface area contributed by atoms with Crippen molar-refractivity contribution in [2.45, 2.75) is 46.2 Å². The molecule has 0 spiro atoms. The van der Waals surface area contributed by atoms with Crippen LogP contribution < -0.4 is 4.90 Å². The molecule has 0 bridgehead atoms. The summed E-state index contributed by atoms with van der Waals surface area (Å²) in [5.41, 5.74) is 4.00. The quantitative estimate of drug-likeness (QED) is 0.808. The minimum absolute atomic E-state index is 0.256. The van der Waals surface area contributed by atoms with E-state index in [0.717, 1.165) is 48.0 Å². The Morgan fingerprint density at radius 1 is 1.33 bits per heavy atom. The highest BCUT2D eigenvalue weighted by atomic mass is 35.5. The average molecular weight is 343 g/mol. The molecule has 0 amide bonds. The number of nitriles is 1. The van der Waals surface area contributed by atoms with Gasteiger partial charge >= 0.3 is 0 Å². The number of rotatable bonds is 4. The van der Waals surface area contributed by atoms with Gasteiger partial charge in [-0.25, -0.2) is 0 Å². The molecule has 1 atom stereocenters. The predicted octanol–water partition coefficient (Wildman–Crippen LogP) is 4.71. The lowest BCUT2D eigenvalue weighted by Crippen LogP contribution is -2.23. The topological polar surface area (TPSA) is 44.9 Å². The summed E-state index contributed by atoms with van der Waals surface area (Å²) in [6, 6.07) is 10.2. The maximum Gasteiger partial charge on any atom is 0.132 e.